The van der Waals surface area contributed by atoms with Crippen molar-refractivity contribution >= 4 is 46.2 Å². The average molecular weight is 303 g/mol. The predicted octanol–water partition coefficient (Wildman–Crippen LogP) is 4.42. The van der Waals surface area contributed by atoms with Gasteiger partial charge in [0.05, 0.1) is 10.7 Å². The number of halogens is 2. The zero-order valence-corrected chi connectivity index (χ0v) is 12.6. The second-order valence-corrected chi connectivity index (χ2v) is 5.98. The van der Waals surface area contributed by atoms with Gasteiger partial charge in [0, 0.05) is 18.1 Å². The Bertz CT molecular complexity index is 451. The lowest BCUT2D eigenvalue weighted by molar-refractivity contribution is 0.276. The third-order valence-corrected chi connectivity index (χ3v) is 4.03. The minimum absolute atomic E-state index is 0.593. The molecule has 18 heavy (non-hydrogen) atoms. The van der Waals surface area contributed by atoms with Crippen molar-refractivity contribution < 1.29 is 0 Å². The third-order valence-electron chi connectivity index (χ3n) is 3.12. The van der Waals surface area contributed by atoms with Crippen LogP contribution in [-0.2, 0) is 0 Å². The van der Waals surface area contributed by atoms with E-state index in [1.807, 2.05) is 6.07 Å². The van der Waals surface area contributed by atoms with E-state index in [0.717, 1.165) is 23.9 Å². The van der Waals surface area contributed by atoms with Gasteiger partial charge in [-0.05, 0) is 49.2 Å². The van der Waals surface area contributed by atoms with Crippen LogP contribution in [0.5, 0.6) is 0 Å². The largest absolute Gasteiger partial charge is 0.349 e. The van der Waals surface area contributed by atoms with E-state index in [9.17, 15) is 0 Å². The number of piperidine rings is 1. The van der Waals surface area contributed by atoms with E-state index in [-0.39, 0.29) is 0 Å². The first-order chi connectivity index (χ1) is 8.56. The highest BCUT2D eigenvalue weighted by atomic mass is 35.5. The van der Waals surface area contributed by atoms with Gasteiger partial charge in [0.2, 0.25) is 0 Å². The molecule has 1 aliphatic heterocycles. The smallest absolute Gasteiger partial charge is 0.173 e. The summed E-state index contributed by atoms with van der Waals surface area (Å²) in [5, 5.41) is 5.16. The predicted molar refractivity (Wildman–Crippen MR) is 82.7 cm³/mol. The minimum atomic E-state index is 0.593. The maximum atomic E-state index is 6.12. The molecule has 1 aromatic carbocycles. The molecule has 1 aliphatic rings. The van der Waals surface area contributed by atoms with E-state index in [4.69, 9.17) is 35.4 Å². The van der Waals surface area contributed by atoms with Gasteiger partial charge in [0.1, 0.15) is 0 Å². The molecular formula is C13H16Cl2N2S. The molecule has 2 nitrogen and oxygen atoms in total. The van der Waals surface area contributed by atoms with Crippen LogP contribution in [0, 0.1) is 5.92 Å². The number of anilines is 1. The van der Waals surface area contributed by atoms with Gasteiger partial charge in [0.15, 0.2) is 5.11 Å². The van der Waals surface area contributed by atoms with Gasteiger partial charge in [0.25, 0.3) is 0 Å². The summed E-state index contributed by atoms with van der Waals surface area (Å²) < 4.78 is 0. The summed E-state index contributed by atoms with van der Waals surface area (Å²) in [6.45, 7) is 4.28. The van der Waals surface area contributed by atoms with Crippen molar-refractivity contribution in [2.75, 3.05) is 18.4 Å². The van der Waals surface area contributed by atoms with Crippen LogP contribution in [-0.4, -0.2) is 23.1 Å². The summed E-state index contributed by atoms with van der Waals surface area (Å²) in [5.74, 6) is 0.694. The molecule has 0 amide bonds. The Balaban J connectivity index is 2.02. The van der Waals surface area contributed by atoms with E-state index in [1.165, 1.54) is 12.8 Å². The van der Waals surface area contributed by atoms with Crippen molar-refractivity contribution in [3.05, 3.63) is 28.2 Å². The van der Waals surface area contributed by atoms with Gasteiger partial charge < -0.3 is 10.2 Å². The van der Waals surface area contributed by atoms with Crippen molar-refractivity contribution in [1.82, 2.24) is 4.90 Å². The van der Waals surface area contributed by atoms with Gasteiger partial charge in [-0.25, -0.2) is 0 Å². The number of thiocarbonyl (C=S) groups is 1. The Labute approximate surface area is 123 Å². The maximum Gasteiger partial charge on any atom is 0.173 e. The standard InChI is InChI=1S/C13H16Cl2N2S/c1-9-3-2-6-17(8-9)13(18)16-12-5-4-10(14)7-11(12)15/h4-5,7,9H,2-3,6,8H2,1H3,(H,16,18)/t9-/m0/s1. The summed E-state index contributed by atoms with van der Waals surface area (Å²) in [4.78, 5) is 2.20. The Hall–Kier alpha value is -0.510. The first-order valence-corrected chi connectivity index (χ1v) is 7.23. The van der Waals surface area contributed by atoms with Gasteiger partial charge in [-0.2, -0.15) is 0 Å². The van der Waals surface area contributed by atoms with Gasteiger partial charge >= 0.3 is 0 Å². The highest BCUT2D eigenvalue weighted by Crippen LogP contribution is 2.26. The second kappa shape index (κ2) is 6.09. The Morgan fingerprint density at radius 3 is 2.89 bits per heavy atom. The van der Waals surface area contributed by atoms with E-state index in [2.05, 4.69) is 17.1 Å². The molecule has 98 valence electrons. The average Bonchev–Trinajstić information content (AvgIpc) is 2.32. The molecular weight excluding hydrogens is 287 g/mol. The molecule has 0 radical (unpaired) electrons. The number of hydrogen-bond acceptors (Lipinski definition) is 1. The molecule has 1 fully saturated rings. The molecule has 0 saturated carbocycles. The molecule has 1 aromatic rings. The summed E-state index contributed by atoms with van der Waals surface area (Å²) in [7, 11) is 0. The highest BCUT2D eigenvalue weighted by Gasteiger charge is 2.18. The Kier molecular flexibility index (Phi) is 4.71. The van der Waals surface area contributed by atoms with E-state index in [0.29, 0.717) is 16.0 Å². The van der Waals surface area contributed by atoms with Gasteiger partial charge in [-0.3, -0.25) is 0 Å². The van der Waals surface area contributed by atoms with Crippen LogP contribution < -0.4 is 5.32 Å². The Morgan fingerprint density at radius 2 is 2.22 bits per heavy atom. The van der Waals surface area contributed by atoms with Crippen LogP contribution in [0.3, 0.4) is 0 Å². The fourth-order valence-electron chi connectivity index (χ4n) is 2.16. The molecule has 0 aliphatic carbocycles. The second-order valence-electron chi connectivity index (χ2n) is 4.75. The highest BCUT2D eigenvalue weighted by molar-refractivity contribution is 7.80. The first kappa shape index (κ1) is 13.9. The number of hydrogen-bond donors (Lipinski definition) is 1. The van der Waals surface area contributed by atoms with Crippen LogP contribution >= 0.6 is 35.4 Å². The van der Waals surface area contributed by atoms with Crippen molar-refractivity contribution in [1.29, 1.82) is 0 Å². The molecule has 1 saturated heterocycles. The van der Waals surface area contributed by atoms with Crippen LogP contribution in [0.1, 0.15) is 19.8 Å². The number of nitrogens with zero attached hydrogens (tertiary/aromatic N) is 1. The summed E-state index contributed by atoms with van der Waals surface area (Å²) in [5.41, 5.74) is 0.810. The van der Waals surface area contributed by atoms with E-state index in [1.54, 1.807) is 12.1 Å². The normalized spacial score (nSPS) is 19.7. The monoisotopic (exact) mass is 302 g/mol. The molecule has 1 heterocycles. The molecule has 0 unspecified atom stereocenters. The Morgan fingerprint density at radius 1 is 1.44 bits per heavy atom. The zero-order chi connectivity index (χ0) is 13.1. The third kappa shape index (κ3) is 3.50. The lowest BCUT2D eigenvalue weighted by atomic mass is 10.0. The molecule has 0 bridgehead atoms. The van der Waals surface area contributed by atoms with Crippen LogP contribution in [0.2, 0.25) is 10.0 Å². The fraction of sp³-hybridized carbons (Fsp3) is 0.462. The topological polar surface area (TPSA) is 15.3 Å². The van der Waals surface area contributed by atoms with Crippen LogP contribution in [0.25, 0.3) is 0 Å². The lowest BCUT2D eigenvalue weighted by Gasteiger charge is -2.33. The van der Waals surface area contributed by atoms with Gasteiger partial charge in [-0.1, -0.05) is 30.1 Å². The van der Waals surface area contributed by atoms with Crippen LogP contribution in [0.15, 0.2) is 18.2 Å². The molecule has 5 heteroatoms. The molecule has 1 atom stereocenters. The quantitative estimate of drug-likeness (QED) is 0.773. The lowest BCUT2D eigenvalue weighted by Crippen LogP contribution is -2.41. The van der Waals surface area contributed by atoms with E-state index < -0.39 is 0 Å². The summed E-state index contributed by atoms with van der Waals surface area (Å²) in [6.07, 6.45) is 2.47. The first-order valence-electron chi connectivity index (χ1n) is 6.07. The number of benzene rings is 1. The zero-order valence-electron chi connectivity index (χ0n) is 10.2. The number of likely N-dealkylation sites (tertiary alicyclic amines) is 1. The fourth-order valence-corrected chi connectivity index (χ4v) is 2.89. The van der Waals surface area contributed by atoms with Crippen LogP contribution in [0.4, 0.5) is 5.69 Å². The maximum absolute atomic E-state index is 6.12. The van der Waals surface area contributed by atoms with Crippen molar-refractivity contribution in [3.8, 4) is 0 Å². The summed E-state index contributed by atoms with van der Waals surface area (Å²) in [6, 6.07) is 5.37. The molecule has 0 spiro atoms. The molecule has 2 rings (SSSR count). The summed E-state index contributed by atoms with van der Waals surface area (Å²) >= 11 is 17.4. The van der Waals surface area contributed by atoms with Crippen molar-refractivity contribution in [2.24, 2.45) is 5.92 Å². The van der Waals surface area contributed by atoms with Crippen molar-refractivity contribution in [2.45, 2.75) is 19.8 Å². The number of rotatable bonds is 1. The van der Waals surface area contributed by atoms with Crippen molar-refractivity contribution in [3.63, 3.8) is 0 Å². The minimum Gasteiger partial charge on any atom is -0.349 e. The SMILES string of the molecule is C[C@H]1CCCN(C(=S)Nc2ccc(Cl)cc2Cl)C1. The van der Waals surface area contributed by atoms with E-state index >= 15 is 0 Å². The molecule has 0 aromatic heterocycles. The van der Waals surface area contributed by atoms with Gasteiger partial charge in [-0.15, -0.1) is 0 Å². The number of nitrogens with one attached hydrogen (secondary N) is 1. The molecule has 1 N–H and O–H groups in total.